The van der Waals surface area contributed by atoms with E-state index in [0.717, 1.165) is 58.8 Å². The molecule has 0 atom stereocenters. The van der Waals surface area contributed by atoms with Crippen LogP contribution in [0.4, 0.5) is 11.5 Å². The molecule has 142 valence electrons. The Morgan fingerprint density at radius 2 is 2.07 bits per heavy atom. The second-order valence-electron chi connectivity index (χ2n) is 7.61. The molecule has 0 N–H and O–H groups in total. The van der Waals surface area contributed by atoms with E-state index in [1.165, 1.54) is 11.1 Å². The fraction of sp³-hybridized carbons (Fsp3) is 0.227. The molecule has 5 heterocycles. The third-order valence-corrected chi connectivity index (χ3v) is 5.56. The van der Waals surface area contributed by atoms with Crippen LogP contribution >= 0.6 is 0 Å². The van der Waals surface area contributed by atoms with Gasteiger partial charge in [-0.1, -0.05) is 6.07 Å². The van der Waals surface area contributed by atoms with E-state index in [1.807, 2.05) is 20.0 Å². The summed E-state index contributed by atoms with van der Waals surface area (Å²) < 4.78 is 7.73. The van der Waals surface area contributed by atoms with Crippen LogP contribution in [0.25, 0.3) is 5.57 Å². The number of anilines is 1. The molecule has 0 spiro atoms. The number of fused-ring (bicyclic) bond motifs is 2. The van der Waals surface area contributed by atoms with Gasteiger partial charge >= 0.3 is 0 Å². The molecule has 0 bridgehead atoms. The molecule has 3 aliphatic rings. The summed E-state index contributed by atoms with van der Waals surface area (Å²) in [6, 6.07) is 8.41. The molecule has 0 amide bonds. The van der Waals surface area contributed by atoms with Crippen LogP contribution in [0, 0.1) is 6.92 Å². The van der Waals surface area contributed by atoms with Gasteiger partial charge in [-0.3, -0.25) is 0 Å². The number of aryl methyl sites for hydroxylation is 1. The quantitative estimate of drug-likeness (QED) is 0.509. The molecule has 29 heavy (non-hydrogen) atoms. The Morgan fingerprint density at radius 3 is 2.93 bits per heavy atom. The van der Waals surface area contributed by atoms with Crippen molar-refractivity contribution in [3.05, 3.63) is 71.0 Å². The zero-order valence-electron chi connectivity index (χ0n) is 16.3. The zero-order chi connectivity index (χ0) is 19.5. The molecule has 7 heteroatoms. The molecule has 1 aromatic carbocycles. The minimum atomic E-state index is 0.702. The smallest absolute Gasteiger partial charge is 0.191 e. The van der Waals surface area contributed by atoms with Crippen LogP contribution in [0.3, 0.4) is 0 Å². The number of nitrogens with zero attached hydrogens (tertiary/aromatic N) is 6. The van der Waals surface area contributed by atoms with Crippen molar-refractivity contribution in [2.75, 3.05) is 18.5 Å². The maximum atomic E-state index is 5.67. The lowest BCUT2D eigenvalue weighted by Crippen LogP contribution is -2.31. The number of oxazole rings is 1. The number of aromatic nitrogens is 3. The highest BCUT2D eigenvalue weighted by atomic mass is 16.4. The number of hydrogen-bond donors (Lipinski definition) is 0. The third kappa shape index (κ3) is 2.61. The van der Waals surface area contributed by atoms with Crippen LogP contribution in [-0.4, -0.2) is 45.0 Å². The summed E-state index contributed by atoms with van der Waals surface area (Å²) in [5.41, 5.74) is 7.37. The summed E-state index contributed by atoms with van der Waals surface area (Å²) in [4.78, 5) is 20.4. The molecule has 0 saturated carbocycles. The fourth-order valence-corrected chi connectivity index (χ4v) is 4.07. The monoisotopic (exact) mass is 383 g/mol. The van der Waals surface area contributed by atoms with E-state index in [-0.39, 0.29) is 0 Å². The Bertz CT molecular complexity index is 1270. The van der Waals surface area contributed by atoms with Crippen molar-refractivity contribution < 1.29 is 8.99 Å². The van der Waals surface area contributed by atoms with E-state index in [0.29, 0.717) is 6.54 Å². The standard InChI is InChI=1S/C22H19N6O/c1-13-25-19-11-28(6-5-20(19)29-13)21-8-18(23-12-24-21)22-16-7-14(3-4-17(16)26-22)15-9-27(2)10-15/h3-4,7-10,12H,5-6,11H2,1-2H3/q+1. The molecule has 7 nitrogen and oxygen atoms in total. The summed E-state index contributed by atoms with van der Waals surface area (Å²) >= 11 is 0. The Balaban J connectivity index is 1.28. The summed E-state index contributed by atoms with van der Waals surface area (Å²) in [6.45, 7) is 3.44. The normalized spacial score (nSPS) is 16.8. The lowest BCUT2D eigenvalue weighted by molar-refractivity contribution is -0.423. The average molecular weight is 383 g/mol. The minimum absolute atomic E-state index is 0.702. The van der Waals surface area contributed by atoms with Crippen LogP contribution in [0.2, 0.25) is 0 Å². The SMILES string of the molecule is Cc1nc2c(o1)CCN(c1cc(C3=Nc4ccc(C5=C[N+](C)=C5)cc43)ncn1)C2. The largest absolute Gasteiger partial charge is 0.446 e. The molecule has 0 fully saturated rings. The predicted molar refractivity (Wildman–Crippen MR) is 110 cm³/mol. The van der Waals surface area contributed by atoms with Gasteiger partial charge in [0, 0.05) is 31.5 Å². The number of rotatable bonds is 3. The minimum Gasteiger partial charge on any atom is -0.446 e. The highest BCUT2D eigenvalue weighted by Gasteiger charge is 2.26. The molecule has 3 aromatic rings. The number of hydrogen-bond acceptors (Lipinski definition) is 6. The van der Waals surface area contributed by atoms with Gasteiger partial charge in [-0.15, -0.1) is 0 Å². The predicted octanol–water partition coefficient (Wildman–Crippen LogP) is 2.89. The molecule has 0 radical (unpaired) electrons. The highest BCUT2D eigenvalue weighted by Crippen LogP contribution is 2.35. The first-order chi connectivity index (χ1) is 14.1. The van der Waals surface area contributed by atoms with Gasteiger partial charge in [0.2, 0.25) is 0 Å². The van der Waals surface area contributed by atoms with Crippen LogP contribution in [0.15, 0.2) is 46.2 Å². The van der Waals surface area contributed by atoms with Gasteiger partial charge in [-0.05, 0) is 17.7 Å². The molecule has 2 aromatic heterocycles. The summed E-state index contributed by atoms with van der Waals surface area (Å²) in [6.07, 6.45) is 6.70. The van der Waals surface area contributed by atoms with Crippen LogP contribution in [0.1, 0.15) is 34.2 Å². The first-order valence-electron chi connectivity index (χ1n) is 9.69. The van der Waals surface area contributed by atoms with E-state index in [1.54, 1.807) is 6.33 Å². The molecule has 0 unspecified atom stereocenters. The number of allylic oxidation sites excluding steroid dienone is 1. The van der Waals surface area contributed by atoms with Gasteiger partial charge in [0.25, 0.3) is 0 Å². The lowest BCUT2D eigenvalue weighted by Gasteiger charge is -2.27. The van der Waals surface area contributed by atoms with E-state index >= 15 is 0 Å². The topological polar surface area (TPSA) is 70.4 Å². The molecule has 0 aliphatic carbocycles. The first kappa shape index (κ1) is 16.4. The summed E-state index contributed by atoms with van der Waals surface area (Å²) in [5.74, 6) is 2.61. The van der Waals surface area contributed by atoms with Crippen molar-refractivity contribution in [2.45, 2.75) is 19.9 Å². The van der Waals surface area contributed by atoms with Crippen molar-refractivity contribution in [1.29, 1.82) is 0 Å². The molecule has 6 rings (SSSR count). The maximum absolute atomic E-state index is 5.67. The summed E-state index contributed by atoms with van der Waals surface area (Å²) in [7, 11) is 2.03. The Morgan fingerprint density at radius 1 is 1.17 bits per heavy atom. The van der Waals surface area contributed by atoms with Crippen molar-refractivity contribution in [3.63, 3.8) is 0 Å². The molecular weight excluding hydrogens is 364 g/mol. The number of benzene rings is 1. The van der Waals surface area contributed by atoms with Crippen LogP contribution < -0.4 is 4.90 Å². The Kier molecular flexibility index (Phi) is 3.35. The van der Waals surface area contributed by atoms with Gasteiger partial charge in [0.1, 0.15) is 36.2 Å². The van der Waals surface area contributed by atoms with Gasteiger partial charge in [0.15, 0.2) is 18.3 Å². The van der Waals surface area contributed by atoms with Gasteiger partial charge in [-0.2, -0.15) is 0 Å². The zero-order valence-corrected chi connectivity index (χ0v) is 16.3. The van der Waals surface area contributed by atoms with E-state index in [4.69, 9.17) is 4.42 Å². The molecule has 3 aliphatic heterocycles. The lowest BCUT2D eigenvalue weighted by atomic mass is 9.94. The van der Waals surface area contributed by atoms with Crippen molar-refractivity contribution in [3.8, 4) is 0 Å². The average Bonchev–Trinajstić information content (AvgIpc) is 3.06. The molecular formula is C22H19N6O+. The number of aliphatic imine (C=N–C) groups is 1. The molecule has 0 saturated heterocycles. The Labute approximate surface area is 167 Å². The van der Waals surface area contributed by atoms with Crippen molar-refractivity contribution in [1.82, 2.24) is 15.0 Å². The van der Waals surface area contributed by atoms with Crippen molar-refractivity contribution >= 4 is 29.0 Å². The van der Waals surface area contributed by atoms with E-state index in [2.05, 4.69) is 60.0 Å². The summed E-state index contributed by atoms with van der Waals surface area (Å²) in [5, 5.41) is 0. The Hall–Kier alpha value is -3.61. The van der Waals surface area contributed by atoms with E-state index < -0.39 is 0 Å². The van der Waals surface area contributed by atoms with Crippen LogP contribution in [-0.2, 0) is 13.0 Å². The highest BCUT2D eigenvalue weighted by molar-refractivity contribution is 6.22. The first-order valence-corrected chi connectivity index (χ1v) is 9.69. The third-order valence-electron chi connectivity index (χ3n) is 5.56. The van der Waals surface area contributed by atoms with Crippen molar-refractivity contribution in [2.24, 2.45) is 4.99 Å². The van der Waals surface area contributed by atoms with Gasteiger partial charge < -0.3 is 9.32 Å². The second kappa shape index (κ2) is 5.94. The van der Waals surface area contributed by atoms with Gasteiger partial charge in [0.05, 0.1) is 23.6 Å². The van der Waals surface area contributed by atoms with Gasteiger partial charge in [-0.25, -0.2) is 24.5 Å². The van der Waals surface area contributed by atoms with E-state index in [9.17, 15) is 0 Å². The fourth-order valence-electron chi connectivity index (χ4n) is 4.07. The second-order valence-corrected chi connectivity index (χ2v) is 7.61. The maximum Gasteiger partial charge on any atom is 0.191 e. The van der Waals surface area contributed by atoms with Crippen LogP contribution in [0.5, 0.6) is 0 Å².